The fourth-order valence-electron chi connectivity index (χ4n) is 4.62. The average Bonchev–Trinajstić information content (AvgIpc) is 3.37. The first-order chi connectivity index (χ1) is 16.3. The Bertz CT molecular complexity index is 1350. The average molecular weight is 454 g/mol. The number of nitrogens with zero attached hydrogens (tertiary/aromatic N) is 1. The number of aryl methyl sites for hydroxylation is 2. The van der Waals surface area contributed by atoms with Gasteiger partial charge in [0.2, 0.25) is 0 Å². The maximum absolute atomic E-state index is 6.21. The molecule has 1 atom stereocenters. The molecule has 174 valence electrons. The van der Waals surface area contributed by atoms with E-state index < -0.39 is 5.79 Å². The summed E-state index contributed by atoms with van der Waals surface area (Å²) in [7, 11) is 0. The van der Waals surface area contributed by atoms with Crippen LogP contribution in [0.25, 0.3) is 16.6 Å². The normalized spacial score (nSPS) is 17.2. The van der Waals surface area contributed by atoms with Gasteiger partial charge in [0.1, 0.15) is 17.6 Å². The summed E-state index contributed by atoms with van der Waals surface area (Å²) in [5, 5.41) is 1.21. The highest BCUT2D eigenvalue weighted by Crippen LogP contribution is 2.39. The number of hydrogen-bond acceptors (Lipinski definition) is 3. The molecule has 0 aliphatic carbocycles. The molecule has 1 fully saturated rings. The standard InChI is InChI=1S/C30H31NO3/c1-6-8-22-18-31(27-10-7-9-26(29(22)27)28-19-32-30(4,5)34-28)23-12-15-24(16-13-23)33-25-14-11-20(2)21(3)17-25/h6-7,9-18,28H,1,8,19H2,2-5H3/t28-/m1/s1. The van der Waals surface area contributed by atoms with E-state index in [4.69, 9.17) is 14.2 Å². The maximum Gasteiger partial charge on any atom is 0.163 e. The second kappa shape index (κ2) is 8.79. The van der Waals surface area contributed by atoms with Crippen molar-refractivity contribution < 1.29 is 14.2 Å². The van der Waals surface area contributed by atoms with Gasteiger partial charge in [-0.25, -0.2) is 0 Å². The van der Waals surface area contributed by atoms with Crippen LogP contribution in [0.1, 0.15) is 42.2 Å². The van der Waals surface area contributed by atoms with E-state index in [2.05, 4.69) is 73.7 Å². The minimum absolute atomic E-state index is 0.0909. The van der Waals surface area contributed by atoms with Crippen LogP contribution in [0.5, 0.6) is 11.5 Å². The van der Waals surface area contributed by atoms with E-state index in [-0.39, 0.29) is 6.10 Å². The molecule has 0 N–H and O–H groups in total. The molecule has 2 heterocycles. The molecule has 5 rings (SSSR count). The smallest absolute Gasteiger partial charge is 0.163 e. The van der Waals surface area contributed by atoms with Gasteiger partial charge >= 0.3 is 0 Å². The van der Waals surface area contributed by atoms with Crippen LogP contribution < -0.4 is 4.74 Å². The van der Waals surface area contributed by atoms with Gasteiger partial charge in [0.25, 0.3) is 0 Å². The van der Waals surface area contributed by atoms with E-state index in [0.717, 1.165) is 34.7 Å². The van der Waals surface area contributed by atoms with Gasteiger partial charge in [-0.3, -0.25) is 0 Å². The van der Waals surface area contributed by atoms with E-state index in [9.17, 15) is 0 Å². The second-order valence-corrected chi connectivity index (χ2v) is 9.42. The van der Waals surface area contributed by atoms with Crippen molar-refractivity contribution in [2.45, 2.75) is 46.0 Å². The van der Waals surface area contributed by atoms with Crippen molar-refractivity contribution in [3.63, 3.8) is 0 Å². The number of hydrogen-bond donors (Lipinski definition) is 0. The Kier molecular flexibility index (Phi) is 5.80. The fraction of sp³-hybridized carbons (Fsp3) is 0.267. The molecule has 1 aliphatic rings. The van der Waals surface area contributed by atoms with Crippen LogP contribution in [0, 0.1) is 13.8 Å². The van der Waals surface area contributed by atoms with Crippen molar-refractivity contribution >= 4 is 10.9 Å². The minimum atomic E-state index is -0.570. The molecule has 0 amide bonds. The second-order valence-electron chi connectivity index (χ2n) is 9.42. The van der Waals surface area contributed by atoms with Crippen LogP contribution in [0.4, 0.5) is 0 Å². The minimum Gasteiger partial charge on any atom is -0.457 e. The molecule has 0 radical (unpaired) electrons. The zero-order chi connectivity index (χ0) is 23.9. The van der Waals surface area contributed by atoms with Crippen LogP contribution >= 0.6 is 0 Å². The van der Waals surface area contributed by atoms with E-state index >= 15 is 0 Å². The van der Waals surface area contributed by atoms with E-state index in [1.54, 1.807) is 0 Å². The lowest BCUT2D eigenvalue weighted by atomic mass is 10.0. The molecule has 1 aromatic heterocycles. The summed E-state index contributed by atoms with van der Waals surface area (Å²) in [6, 6.07) is 20.8. The monoisotopic (exact) mass is 453 g/mol. The quantitative estimate of drug-likeness (QED) is 0.282. The topological polar surface area (TPSA) is 32.6 Å². The van der Waals surface area contributed by atoms with Gasteiger partial charge in [-0.15, -0.1) is 6.58 Å². The van der Waals surface area contributed by atoms with Crippen molar-refractivity contribution in [1.82, 2.24) is 4.57 Å². The van der Waals surface area contributed by atoms with Crippen molar-refractivity contribution in [2.75, 3.05) is 6.61 Å². The van der Waals surface area contributed by atoms with E-state index in [0.29, 0.717) is 6.61 Å². The molecule has 0 spiro atoms. The van der Waals surface area contributed by atoms with Crippen molar-refractivity contribution in [3.8, 4) is 17.2 Å². The van der Waals surface area contributed by atoms with Crippen LogP contribution in [-0.2, 0) is 15.9 Å². The molecule has 0 unspecified atom stereocenters. The number of rotatable bonds is 6. The zero-order valence-electron chi connectivity index (χ0n) is 20.3. The van der Waals surface area contributed by atoms with Crippen LogP contribution in [-0.4, -0.2) is 17.0 Å². The molecule has 4 aromatic rings. The highest BCUT2D eigenvalue weighted by atomic mass is 16.7. The molecule has 4 heteroatoms. The summed E-state index contributed by atoms with van der Waals surface area (Å²) >= 11 is 0. The Balaban J connectivity index is 1.50. The molecule has 34 heavy (non-hydrogen) atoms. The summed E-state index contributed by atoms with van der Waals surface area (Å²) in [5.74, 6) is 1.09. The molecule has 3 aromatic carbocycles. The molecular formula is C30H31NO3. The third kappa shape index (κ3) is 4.27. The molecular weight excluding hydrogens is 422 g/mol. The van der Waals surface area contributed by atoms with Gasteiger partial charge in [0.05, 0.1) is 12.1 Å². The van der Waals surface area contributed by atoms with Crippen LogP contribution in [0.15, 0.2) is 79.5 Å². The number of benzene rings is 3. The summed E-state index contributed by atoms with van der Waals surface area (Å²) < 4.78 is 20.4. The Morgan fingerprint density at radius 3 is 2.47 bits per heavy atom. The summed E-state index contributed by atoms with van der Waals surface area (Å²) in [5.41, 5.74) is 7.09. The largest absolute Gasteiger partial charge is 0.457 e. The van der Waals surface area contributed by atoms with Crippen LogP contribution in [0.2, 0.25) is 0 Å². The number of ether oxygens (including phenoxy) is 3. The molecule has 1 aliphatic heterocycles. The highest BCUT2D eigenvalue weighted by molar-refractivity contribution is 5.89. The molecule has 0 saturated carbocycles. The van der Waals surface area contributed by atoms with Gasteiger partial charge in [-0.1, -0.05) is 24.3 Å². The van der Waals surface area contributed by atoms with Gasteiger partial charge in [0.15, 0.2) is 5.79 Å². The van der Waals surface area contributed by atoms with Gasteiger partial charge < -0.3 is 18.8 Å². The predicted octanol–water partition coefficient (Wildman–Crippen LogP) is 7.59. The maximum atomic E-state index is 6.21. The lowest BCUT2D eigenvalue weighted by Crippen LogP contribution is -2.19. The first kappa shape index (κ1) is 22.5. The van der Waals surface area contributed by atoms with Crippen LogP contribution in [0.3, 0.4) is 0 Å². The van der Waals surface area contributed by atoms with Gasteiger partial charge in [-0.2, -0.15) is 0 Å². The Morgan fingerprint density at radius 2 is 1.79 bits per heavy atom. The first-order valence-corrected chi connectivity index (χ1v) is 11.8. The lowest BCUT2D eigenvalue weighted by molar-refractivity contribution is -0.138. The summed E-state index contributed by atoms with van der Waals surface area (Å²) in [6.45, 7) is 12.7. The van der Waals surface area contributed by atoms with Crippen molar-refractivity contribution in [2.24, 2.45) is 0 Å². The predicted molar refractivity (Wildman–Crippen MR) is 137 cm³/mol. The summed E-state index contributed by atoms with van der Waals surface area (Å²) in [4.78, 5) is 0. The zero-order valence-corrected chi connectivity index (χ0v) is 20.3. The first-order valence-electron chi connectivity index (χ1n) is 11.8. The van der Waals surface area contributed by atoms with Crippen molar-refractivity contribution in [3.05, 3.63) is 102 Å². The van der Waals surface area contributed by atoms with E-state index in [1.807, 2.05) is 38.1 Å². The third-order valence-corrected chi connectivity index (χ3v) is 6.49. The number of aromatic nitrogens is 1. The highest BCUT2D eigenvalue weighted by Gasteiger charge is 2.35. The SMILES string of the molecule is C=CCc1cn(-c2ccc(Oc3ccc(C)c(C)c3)cc2)c2cccc([C@H]3COC(C)(C)O3)c12. The van der Waals surface area contributed by atoms with Gasteiger partial charge in [0, 0.05) is 17.3 Å². The fourth-order valence-corrected chi connectivity index (χ4v) is 4.62. The molecule has 1 saturated heterocycles. The van der Waals surface area contributed by atoms with E-state index in [1.165, 1.54) is 22.1 Å². The number of allylic oxidation sites excluding steroid dienone is 1. The number of fused-ring (bicyclic) bond motifs is 1. The summed E-state index contributed by atoms with van der Waals surface area (Å²) in [6.07, 6.45) is 4.85. The molecule has 4 nitrogen and oxygen atoms in total. The molecule has 0 bridgehead atoms. The Labute approximate surface area is 201 Å². The lowest BCUT2D eigenvalue weighted by Gasteiger charge is -2.18. The Hall–Kier alpha value is -3.34. The third-order valence-electron chi connectivity index (χ3n) is 6.49. The van der Waals surface area contributed by atoms with Gasteiger partial charge in [-0.05, 0) is 98.8 Å². The van der Waals surface area contributed by atoms with Crippen molar-refractivity contribution in [1.29, 1.82) is 0 Å². The Morgan fingerprint density at radius 1 is 1.03 bits per heavy atom.